The summed E-state index contributed by atoms with van der Waals surface area (Å²) in [4.78, 5) is 28.9. The van der Waals surface area contributed by atoms with Crippen LogP contribution < -0.4 is 10.0 Å². The van der Waals surface area contributed by atoms with Gasteiger partial charge in [-0.05, 0) is 81.8 Å². The summed E-state index contributed by atoms with van der Waals surface area (Å²) >= 11 is 0. The van der Waals surface area contributed by atoms with E-state index in [2.05, 4.69) is 104 Å². The van der Waals surface area contributed by atoms with Gasteiger partial charge in [-0.2, -0.15) is 0 Å². The van der Waals surface area contributed by atoms with E-state index in [4.69, 9.17) is 4.84 Å². The fourth-order valence-electron chi connectivity index (χ4n) is 5.49. The number of ketones is 1. The largest absolute Gasteiger partial charge is 0.453 e. The summed E-state index contributed by atoms with van der Waals surface area (Å²) in [7, 11) is -1.61. The summed E-state index contributed by atoms with van der Waals surface area (Å²) in [6.07, 6.45) is 6.83. The van der Waals surface area contributed by atoms with E-state index in [9.17, 15) is 18.0 Å². The smallest absolute Gasteiger partial charge is 0.407 e. The van der Waals surface area contributed by atoms with E-state index >= 15 is 0 Å². The first-order valence-electron chi connectivity index (χ1n) is 19.6. The summed E-state index contributed by atoms with van der Waals surface area (Å²) < 4.78 is 29.3. The van der Waals surface area contributed by atoms with Crippen LogP contribution in [0.1, 0.15) is 140 Å². The third kappa shape index (κ3) is 17.9. The fourth-order valence-corrected chi connectivity index (χ4v) is 7.09. The number of benzene rings is 2. The first-order chi connectivity index (χ1) is 25.3. The molecule has 2 aromatic rings. The van der Waals surface area contributed by atoms with Crippen LogP contribution in [0, 0.1) is 23.2 Å². The molecule has 3 aliphatic carbocycles. The van der Waals surface area contributed by atoms with Crippen molar-refractivity contribution in [2.45, 2.75) is 152 Å². The Balaban J connectivity index is 0.000000731. The second-order valence-corrected chi connectivity index (χ2v) is 18.3. The number of ether oxygens (including phenoxy) is 1. The molecule has 5 rings (SSSR count). The fraction of sp³-hybridized carbons (Fsp3) is 0.622. The number of nitrogens with zero attached hydrogens (tertiary/aromatic N) is 1. The Labute approximate surface area is 335 Å². The van der Waals surface area contributed by atoms with E-state index < -0.39 is 16.1 Å². The molecule has 9 nitrogen and oxygen atoms in total. The first kappa shape index (κ1) is 51.5. The van der Waals surface area contributed by atoms with Gasteiger partial charge < -0.3 is 14.9 Å². The SMILES string of the molecule is C.C=C.CC(C)C(C)(C)C.CC(C)NS(=O)(=O)C1CC1.CC(C)ON=C1c2ccccc2-c2ccccc21.COC(=O)N[C@H](C(=O)C(C)C)C1CCCCC1. The number of carbonyl (C=O) groups is 2. The predicted octanol–water partition coefficient (Wildman–Crippen LogP) is 11.0. The third-order valence-electron chi connectivity index (χ3n) is 9.56. The van der Waals surface area contributed by atoms with Crippen molar-refractivity contribution in [3.63, 3.8) is 0 Å². The van der Waals surface area contributed by atoms with E-state index in [0.29, 0.717) is 5.41 Å². The van der Waals surface area contributed by atoms with Crippen molar-refractivity contribution in [3.8, 4) is 11.1 Å². The Hall–Kier alpha value is -3.50. The maximum absolute atomic E-state index is 12.1. The number of carbonyl (C=O) groups excluding carboxylic acids is 2. The van der Waals surface area contributed by atoms with Crippen molar-refractivity contribution in [2.75, 3.05) is 7.11 Å². The highest BCUT2D eigenvalue weighted by atomic mass is 32.2. The highest BCUT2D eigenvalue weighted by molar-refractivity contribution is 7.90. The van der Waals surface area contributed by atoms with Crippen molar-refractivity contribution < 1.29 is 27.6 Å². The van der Waals surface area contributed by atoms with Crippen LogP contribution in [-0.2, 0) is 24.4 Å². The Morgan fingerprint density at radius 3 is 1.56 bits per heavy atom. The zero-order chi connectivity index (χ0) is 41.2. The van der Waals surface area contributed by atoms with E-state index in [-0.39, 0.29) is 48.5 Å². The lowest BCUT2D eigenvalue weighted by Gasteiger charge is -2.30. The third-order valence-corrected chi connectivity index (χ3v) is 11.7. The molecule has 10 heteroatoms. The number of oxime groups is 1. The number of sulfonamides is 1. The van der Waals surface area contributed by atoms with Crippen LogP contribution in [0.5, 0.6) is 0 Å². The molecule has 0 radical (unpaired) electrons. The van der Waals surface area contributed by atoms with Gasteiger partial charge in [0.1, 0.15) is 11.8 Å². The monoisotopic (exact) mass is 786 g/mol. The van der Waals surface area contributed by atoms with Crippen molar-refractivity contribution in [2.24, 2.45) is 28.3 Å². The summed E-state index contributed by atoms with van der Waals surface area (Å²) in [5.41, 5.74) is 6.21. The summed E-state index contributed by atoms with van der Waals surface area (Å²) in [5.74, 6) is 1.13. The Bertz CT molecular complexity index is 1520. The van der Waals surface area contributed by atoms with Crippen LogP contribution in [-0.4, -0.2) is 56.6 Å². The molecule has 0 bridgehead atoms. The van der Waals surface area contributed by atoms with Crippen molar-refractivity contribution >= 4 is 27.6 Å². The normalized spacial score (nSPS) is 15.2. The highest BCUT2D eigenvalue weighted by Crippen LogP contribution is 2.36. The Morgan fingerprint density at radius 2 is 1.22 bits per heavy atom. The molecule has 2 N–H and O–H groups in total. The second-order valence-electron chi connectivity index (χ2n) is 16.3. The minimum Gasteiger partial charge on any atom is -0.453 e. The van der Waals surface area contributed by atoms with Crippen LogP contribution in [0.4, 0.5) is 4.79 Å². The molecule has 0 spiro atoms. The molecule has 312 valence electrons. The number of fused-ring (bicyclic) bond motifs is 3. The van der Waals surface area contributed by atoms with Gasteiger partial charge in [0, 0.05) is 23.1 Å². The van der Waals surface area contributed by atoms with Crippen molar-refractivity contribution in [1.29, 1.82) is 0 Å². The topological polar surface area (TPSA) is 123 Å². The number of Topliss-reactive ketones (excluding diaryl/α,β-unsaturated/α-hetero) is 1. The van der Waals surface area contributed by atoms with Crippen LogP contribution in [0.2, 0.25) is 0 Å². The Morgan fingerprint density at radius 1 is 0.782 bits per heavy atom. The zero-order valence-corrected chi connectivity index (χ0v) is 36.1. The minimum atomic E-state index is -2.94. The summed E-state index contributed by atoms with van der Waals surface area (Å²) in [6.45, 7) is 28.7. The zero-order valence-electron chi connectivity index (χ0n) is 35.3. The van der Waals surface area contributed by atoms with Gasteiger partial charge in [-0.3, -0.25) is 4.79 Å². The van der Waals surface area contributed by atoms with Gasteiger partial charge in [0.2, 0.25) is 10.0 Å². The average molecular weight is 786 g/mol. The van der Waals surface area contributed by atoms with Gasteiger partial charge in [0.15, 0.2) is 5.78 Å². The molecule has 0 aromatic heterocycles. The molecular weight excluding hydrogens is 711 g/mol. The number of hydrogen-bond acceptors (Lipinski definition) is 7. The quantitative estimate of drug-likeness (QED) is 0.164. The molecule has 2 aromatic carbocycles. The Kier molecular flexibility index (Phi) is 23.3. The predicted molar refractivity (Wildman–Crippen MR) is 232 cm³/mol. The average Bonchev–Trinajstić information content (AvgIpc) is 3.94. The number of amides is 1. The van der Waals surface area contributed by atoms with E-state index in [1.165, 1.54) is 24.7 Å². The van der Waals surface area contributed by atoms with E-state index in [1.54, 1.807) is 0 Å². The lowest BCUT2D eigenvalue weighted by atomic mass is 9.80. The van der Waals surface area contributed by atoms with Crippen molar-refractivity contribution in [3.05, 3.63) is 72.8 Å². The van der Waals surface area contributed by atoms with Crippen LogP contribution in [0.25, 0.3) is 11.1 Å². The molecule has 2 fully saturated rings. The maximum atomic E-state index is 12.1. The van der Waals surface area contributed by atoms with Crippen LogP contribution >= 0.6 is 0 Å². The molecule has 0 unspecified atom stereocenters. The van der Waals surface area contributed by atoms with Crippen molar-refractivity contribution in [1.82, 2.24) is 10.0 Å². The maximum Gasteiger partial charge on any atom is 0.407 e. The summed E-state index contributed by atoms with van der Waals surface area (Å²) in [6, 6.07) is 16.3. The number of rotatable bonds is 9. The molecule has 2 saturated carbocycles. The molecule has 55 heavy (non-hydrogen) atoms. The lowest BCUT2D eigenvalue weighted by Crippen LogP contribution is -2.48. The molecule has 1 atom stereocenters. The van der Waals surface area contributed by atoms with Crippen LogP contribution in [0.15, 0.2) is 66.8 Å². The second kappa shape index (κ2) is 24.9. The molecule has 1 amide bonds. The van der Waals surface area contributed by atoms with Crippen LogP contribution in [0.3, 0.4) is 0 Å². The van der Waals surface area contributed by atoms with Gasteiger partial charge in [0.05, 0.1) is 18.4 Å². The molecule has 0 saturated heterocycles. The molecule has 0 heterocycles. The first-order valence-corrected chi connectivity index (χ1v) is 21.2. The van der Waals surface area contributed by atoms with Gasteiger partial charge in [-0.15, -0.1) is 13.2 Å². The number of hydrogen-bond donors (Lipinski definition) is 2. The van der Waals surface area contributed by atoms with Gasteiger partial charge in [0.25, 0.3) is 0 Å². The highest BCUT2D eigenvalue weighted by Gasteiger charge is 2.36. The standard InChI is InChI=1S/C16H15NO.C13H23NO3.C7H16.C6H13NO2S.C2H4.CH4/c1-11(2)18-17-16-14-9-5-3-7-12(14)13-8-4-6-10-15(13)16;1-9(2)12(15)11(14-13(16)17-3)10-7-5-4-6-8-10;1-6(2)7(3,4)5;1-5(2)7-10(8,9)6-3-4-6;1-2;/h3-11H,1-2H3;9-11H,4-8H2,1-3H3,(H,14,16);6H,1-5H3;5-7H,3-4H2,1-2H3;1-2H2;1H4/t;11-;;;;/m.0..../s1. The minimum absolute atomic E-state index is 0. The summed E-state index contributed by atoms with van der Waals surface area (Å²) in [5, 5.41) is 6.94. The number of alkyl carbamates (subject to hydrolysis) is 1. The number of methoxy groups -OCH3 is 1. The number of nitrogens with one attached hydrogen (secondary N) is 2. The van der Waals surface area contributed by atoms with E-state index in [0.717, 1.165) is 61.3 Å². The van der Waals surface area contributed by atoms with Gasteiger partial charge in [-0.25, -0.2) is 17.9 Å². The molecule has 0 aliphatic heterocycles. The molecular formula is C45H75N3O6S. The van der Waals surface area contributed by atoms with Gasteiger partial charge in [-0.1, -0.05) is 129 Å². The lowest BCUT2D eigenvalue weighted by molar-refractivity contribution is -0.125. The van der Waals surface area contributed by atoms with Gasteiger partial charge >= 0.3 is 6.09 Å². The van der Waals surface area contributed by atoms with E-state index in [1.807, 2.05) is 53.7 Å². The molecule has 3 aliphatic rings.